The molecule has 0 atom stereocenters. The lowest BCUT2D eigenvalue weighted by atomic mass is 10.0. The normalized spacial score (nSPS) is 10.9. The lowest BCUT2D eigenvalue weighted by molar-refractivity contribution is 0.281. The van der Waals surface area contributed by atoms with Crippen LogP contribution in [0.15, 0.2) is 48.5 Å². The van der Waals surface area contributed by atoms with Crippen LogP contribution in [0.2, 0.25) is 0 Å². The summed E-state index contributed by atoms with van der Waals surface area (Å²) in [5, 5.41) is 18.0. The first-order valence-electron chi connectivity index (χ1n) is 5.78. The van der Waals surface area contributed by atoms with Crippen molar-refractivity contribution in [2.45, 2.75) is 18.0 Å². The Morgan fingerprint density at radius 1 is 0.722 bits per heavy atom. The van der Waals surface area contributed by atoms with Crippen LogP contribution in [-0.2, 0) is 13.2 Å². The molecule has 0 aliphatic rings. The summed E-state index contributed by atoms with van der Waals surface area (Å²) in [4.78, 5) is 0.123. The summed E-state index contributed by atoms with van der Waals surface area (Å²) in [6.07, 6.45) is 0. The zero-order valence-corrected chi connectivity index (χ0v) is 11.5. The second-order valence-electron chi connectivity index (χ2n) is 4.16. The quantitative estimate of drug-likeness (QED) is 0.852. The summed E-state index contributed by atoms with van der Waals surface area (Å²) in [6.45, 7) is 0.136. The molecule has 0 aliphatic carbocycles. The van der Waals surface area contributed by atoms with E-state index < -0.39 is 0 Å². The lowest BCUT2D eigenvalue weighted by Crippen LogP contribution is -1.94. The van der Waals surface area contributed by atoms with Gasteiger partial charge in [-0.05, 0) is 22.3 Å². The average Bonchev–Trinajstić information content (AvgIpc) is 2.47. The molecule has 0 aliphatic heterocycles. The number of hydrogen-bond donors (Lipinski definition) is 2. The third kappa shape index (κ3) is 2.99. The largest absolute Gasteiger partial charge is 0.392 e. The highest BCUT2D eigenvalue weighted by Crippen LogP contribution is 2.30. The van der Waals surface area contributed by atoms with Crippen LogP contribution in [0.1, 0.15) is 27.1 Å². The first kappa shape index (κ1) is 13.3. The Kier molecular flexibility index (Phi) is 4.53. The van der Waals surface area contributed by atoms with Crippen molar-refractivity contribution in [1.82, 2.24) is 0 Å². The molecule has 2 aromatic rings. The molecule has 94 valence electrons. The van der Waals surface area contributed by atoms with Crippen LogP contribution in [0, 0.1) is 0 Å². The molecule has 0 aromatic heterocycles. The van der Waals surface area contributed by atoms with Gasteiger partial charge in [0.05, 0.1) is 18.0 Å². The highest BCUT2D eigenvalue weighted by Gasteiger charge is 2.09. The van der Waals surface area contributed by atoms with Gasteiger partial charge in [0.25, 0.3) is 0 Å². The Balaban J connectivity index is 2.20. The third-order valence-electron chi connectivity index (χ3n) is 2.91. The standard InChI is InChI=1S/C15H15BrO2/c16-15(13-5-1-11(9-17)2-6-13)14-7-3-12(10-18)4-8-14/h1-8,15,17-18H,9-10H2. The van der Waals surface area contributed by atoms with Crippen molar-refractivity contribution in [3.05, 3.63) is 70.8 Å². The number of halogens is 1. The van der Waals surface area contributed by atoms with Gasteiger partial charge in [0, 0.05) is 0 Å². The van der Waals surface area contributed by atoms with Crippen molar-refractivity contribution >= 4 is 15.9 Å². The van der Waals surface area contributed by atoms with Crippen LogP contribution in [0.4, 0.5) is 0 Å². The van der Waals surface area contributed by atoms with E-state index in [4.69, 9.17) is 10.2 Å². The summed E-state index contributed by atoms with van der Waals surface area (Å²) in [5.74, 6) is 0. The molecule has 0 spiro atoms. The number of aliphatic hydroxyl groups is 2. The Labute approximate surface area is 115 Å². The molecule has 0 amide bonds. The van der Waals surface area contributed by atoms with Gasteiger partial charge in [-0.2, -0.15) is 0 Å². The summed E-state index contributed by atoms with van der Waals surface area (Å²) in [5.41, 5.74) is 4.11. The molecule has 0 saturated carbocycles. The SMILES string of the molecule is OCc1ccc(C(Br)c2ccc(CO)cc2)cc1. The molecule has 0 heterocycles. The lowest BCUT2D eigenvalue weighted by Gasteiger charge is -2.11. The molecule has 0 radical (unpaired) electrons. The monoisotopic (exact) mass is 306 g/mol. The van der Waals surface area contributed by atoms with E-state index in [1.54, 1.807) is 0 Å². The molecule has 3 heteroatoms. The van der Waals surface area contributed by atoms with Crippen molar-refractivity contribution < 1.29 is 10.2 Å². The highest BCUT2D eigenvalue weighted by molar-refractivity contribution is 9.09. The molecule has 2 N–H and O–H groups in total. The van der Waals surface area contributed by atoms with Gasteiger partial charge in [-0.15, -0.1) is 0 Å². The van der Waals surface area contributed by atoms with Crippen LogP contribution in [-0.4, -0.2) is 10.2 Å². The minimum Gasteiger partial charge on any atom is -0.392 e. The first-order valence-corrected chi connectivity index (χ1v) is 6.69. The number of aliphatic hydroxyl groups excluding tert-OH is 2. The van der Waals surface area contributed by atoms with Crippen LogP contribution < -0.4 is 0 Å². The van der Waals surface area contributed by atoms with E-state index in [1.165, 1.54) is 0 Å². The number of alkyl halides is 1. The molecule has 0 bridgehead atoms. The van der Waals surface area contributed by atoms with Gasteiger partial charge in [0.1, 0.15) is 0 Å². The Morgan fingerprint density at radius 2 is 1.06 bits per heavy atom. The summed E-state index contributed by atoms with van der Waals surface area (Å²) < 4.78 is 0. The van der Waals surface area contributed by atoms with Gasteiger partial charge in [-0.25, -0.2) is 0 Å². The van der Waals surface area contributed by atoms with Gasteiger partial charge in [-0.3, -0.25) is 0 Å². The zero-order valence-electron chi connectivity index (χ0n) is 9.88. The van der Waals surface area contributed by atoms with E-state index in [2.05, 4.69) is 15.9 Å². The van der Waals surface area contributed by atoms with Crippen LogP contribution in [0.5, 0.6) is 0 Å². The van der Waals surface area contributed by atoms with Crippen molar-refractivity contribution in [3.8, 4) is 0 Å². The van der Waals surface area contributed by atoms with Crippen molar-refractivity contribution in [1.29, 1.82) is 0 Å². The Morgan fingerprint density at radius 3 is 1.33 bits per heavy atom. The topological polar surface area (TPSA) is 40.5 Å². The minimum atomic E-state index is 0.0679. The number of benzene rings is 2. The Hall–Kier alpha value is -1.16. The summed E-state index contributed by atoms with van der Waals surface area (Å²) in [7, 11) is 0. The average molecular weight is 307 g/mol. The van der Waals surface area contributed by atoms with Gasteiger partial charge >= 0.3 is 0 Å². The van der Waals surface area contributed by atoms with Gasteiger partial charge in [-0.1, -0.05) is 64.5 Å². The highest BCUT2D eigenvalue weighted by atomic mass is 79.9. The number of hydrogen-bond acceptors (Lipinski definition) is 2. The molecule has 2 rings (SSSR count). The predicted octanol–water partition coefficient (Wildman–Crippen LogP) is 3.16. The van der Waals surface area contributed by atoms with Crippen molar-refractivity contribution in [2.75, 3.05) is 0 Å². The molecule has 0 unspecified atom stereocenters. The molecule has 2 nitrogen and oxygen atoms in total. The second kappa shape index (κ2) is 6.14. The van der Waals surface area contributed by atoms with E-state index in [-0.39, 0.29) is 18.0 Å². The van der Waals surface area contributed by atoms with Gasteiger partial charge in [0.2, 0.25) is 0 Å². The maximum Gasteiger partial charge on any atom is 0.0681 e. The Bertz CT molecular complexity index is 443. The zero-order chi connectivity index (χ0) is 13.0. The number of rotatable bonds is 4. The third-order valence-corrected chi connectivity index (χ3v) is 3.97. The smallest absolute Gasteiger partial charge is 0.0681 e. The van der Waals surface area contributed by atoms with Gasteiger partial charge in [0.15, 0.2) is 0 Å². The van der Waals surface area contributed by atoms with Crippen molar-refractivity contribution in [3.63, 3.8) is 0 Å². The molecule has 0 fully saturated rings. The van der Waals surface area contributed by atoms with E-state index in [0.29, 0.717) is 0 Å². The molecule has 18 heavy (non-hydrogen) atoms. The fraction of sp³-hybridized carbons (Fsp3) is 0.200. The maximum absolute atomic E-state index is 9.01. The van der Waals surface area contributed by atoms with E-state index in [9.17, 15) is 0 Å². The van der Waals surface area contributed by atoms with Crippen molar-refractivity contribution in [2.24, 2.45) is 0 Å². The van der Waals surface area contributed by atoms with Crippen LogP contribution >= 0.6 is 15.9 Å². The molecule has 0 saturated heterocycles. The second-order valence-corrected chi connectivity index (χ2v) is 5.08. The predicted molar refractivity (Wildman–Crippen MR) is 75.5 cm³/mol. The molecule has 2 aromatic carbocycles. The summed E-state index contributed by atoms with van der Waals surface area (Å²) >= 11 is 3.66. The minimum absolute atomic E-state index is 0.0679. The maximum atomic E-state index is 9.01. The molecular formula is C15H15BrO2. The first-order chi connectivity index (χ1) is 8.74. The molecular weight excluding hydrogens is 292 g/mol. The van der Waals surface area contributed by atoms with E-state index in [0.717, 1.165) is 22.3 Å². The van der Waals surface area contributed by atoms with Crippen LogP contribution in [0.25, 0.3) is 0 Å². The van der Waals surface area contributed by atoms with Gasteiger partial charge < -0.3 is 10.2 Å². The fourth-order valence-corrected chi connectivity index (χ4v) is 2.39. The fourth-order valence-electron chi connectivity index (χ4n) is 1.78. The van der Waals surface area contributed by atoms with Crippen LogP contribution in [0.3, 0.4) is 0 Å². The summed E-state index contributed by atoms with van der Waals surface area (Å²) in [6, 6.07) is 15.7. The van der Waals surface area contributed by atoms with E-state index >= 15 is 0 Å². The van der Waals surface area contributed by atoms with E-state index in [1.807, 2.05) is 48.5 Å².